The lowest BCUT2D eigenvalue weighted by molar-refractivity contribution is 0.507. The Morgan fingerprint density at radius 3 is 2.68 bits per heavy atom. The maximum Gasteiger partial charge on any atom is 0.274 e. The van der Waals surface area contributed by atoms with Crippen LogP contribution in [-0.4, -0.2) is 9.78 Å². The first-order valence-corrected chi connectivity index (χ1v) is 7.34. The number of nitrogens with two attached hydrogens (primary N) is 1. The number of nitrogens with zero attached hydrogens (tertiary/aromatic N) is 2. The molecule has 0 bridgehead atoms. The van der Waals surface area contributed by atoms with Gasteiger partial charge >= 0.3 is 0 Å². The fourth-order valence-electron chi connectivity index (χ4n) is 2.54. The van der Waals surface area contributed by atoms with Gasteiger partial charge in [0.15, 0.2) is 0 Å². The zero-order chi connectivity index (χ0) is 15.7. The van der Waals surface area contributed by atoms with Gasteiger partial charge < -0.3 is 5.73 Å². The minimum absolute atomic E-state index is 0.0996. The van der Waals surface area contributed by atoms with Gasteiger partial charge in [-0.25, -0.2) is 4.68 Å². The monoisotopic (exact) mass is 293 g/mol. The molecule has 4 heteroatoms. The van der Waals surface area contributed by atoms with E-state index in [9.17, 15) is 4.79 Å². The molecule has 0 saturated carbocycles. The first-order chi connectivity index (χ1) is 10.6. The second-order valence-electron chi connectivity index (χ2n) is 5.67. The molecule has 0 aliphatic heterocycles. The van der Waals surface area contributed by atoms with Gasteiger partial charge in [0.05, 0.1) is 18.1 Å². The van der Waals surface area contributed by atoms with Gasteiger partial charge in [-0.1, -0.05) is 36.4 Å². The molecule has 3 rings (SSSR count). The van der Waals surface area contributed by atoms with Gasteiger partial charge in [-0.15, -0.1) is 0 Å². The molecule has 4 nitrogen and oxygen atoms in total. The van der Waals surface area contributed by atoms with E-state index in [2.05, 4.69) is 31.1 Å². The van der Waals surface area contributed by atoms with Crippen LogP contribution in [0.4, 0.5) is 0 Å². The molecular weight excluding hydrogens is 274 g/mol. The number of hydrogen-bond donors (Lipinski definition) is 1. The minimum atomic E-state index is -0.259. The minimum Gasteiger partial charge on any atom is -0.322 e. The second kappa shape index (κ2) is 5.73. The summed E-state index contributed by atoms with van der Waals surface area (Å²) in [6, 6.07) is 13.3. The summed E-state index contributed by atoms with van der Waals surface area (Å²) in [5.41, 5.74) is 9.61. The van der Waals surface area contributed by atoms with Crippen LogP contribution in [0.2, 0.25) is 0 Å². The van der Waals surface area contributed by atoms with Crippen LogP contribution in [0.15, 0.2) is 53.5 Å². The largest absolute Gasteiger partial charge is 0.322 e. The van der Waals surface area contributed by atoms with Gasteiger partial charge in [0, 0.05) is 11.4 Å². The molecule has 3 aromatic rings. The van der Waals surface area contributed by atoms with Gasteiger partial charge in [-0.05, 0) is 36.6 Å². The van der Waals surface area contributed by atoms with Crippen molar-refractivity contribution < 1.29 is 0 Å². The Morgan fingerprint density at radius 1 is 1.14 bits per heavy atom. The molecule has 1 aromatic heterocycles. The molecule has 2 N–H and O–H groups in total. The van der Waals surface area contributed by atoms with E-state index in [1.165, 1.54) is 15.8 Å². The molecule has 0 aliphatic rings. The Morgan fingerprint density at radius 2 is 1.91 bits per heavy atom. The van der Waals surface area contributed by atoms with E-state index in [1.54, 1.807) is 6.20 Å². The van der Waals surface area contributed by atoms with Gasteiger partial charge in [0.25, 0.3) is 5.56 Å². The highest BCUT2D eigenvalue weighted by Gasteiger charge is 2.11. The van der Waals surface area contributed by atoms with E-state index >= 15 is 0 Å². The van der Waals surface area contributed by atoms with Crippen molar-refractivity contribution in [2.24, 2.45) is 5.73 Å². The zero-order valence-corrected chi connectivity index (χ0v) is 12.8. The van der Waals surface area contributed by atoms with Crippen molar-refractivity contribution in [2.45, 2.75) is 26.4 Å². The molecule has 112 valence electrons. The lowest BCUT2D eigenvalue weighted by Gasteiger charge is -2.15. The fraction of sp³-hybridized carbons (Fsp3) is 0.222. The van der Waals surface area contributed by atoms with Crippen molar-refractivity contribution in [1.29, 1.82) is 0 Å². The van der Waals surface area contributed by atoms with Crippen molar-refractivity contribution in [2.75, 3.05) is 0 Å². The first kappa shape index (κ1) is 14.5. The molecule has 0 saturated heterocycles. The Balaban J connectivity index is 1.94. The van der Waals surface area contributed by atoms with Crippen LogP contribution in [0.1, 0.15) is 22.7 Å². The molecule has 0 amide bonds. The summed E-state index contributed by atoms with van der Waals surface area (Å²) in [5, 5.41) is 5.76. The molecule has 0 fully saturated rings. The maximum atomic E-state index is 12.5. The van der Waals surface area contributed by atoms with E-state index < -0.39 is 0 Å². The second-order valence-corrected chi connectivity index (χ2v) is 5.67. The number of rotatable bonds is 3. The van der Waals surface area contributed by atoms with Gasteiger partial charge in [0.2, 0.25) is 0 Å². The van der Waals surface area contributed by atoms with Crippen LogP contribution in [0, 0.1) is 13.8 Å². The van der Waals surface area contributed by atoms with Gasteiger partial charge in [0.1, 0.15) is 0 Å². The molecule has 1 heterocycles. The third-order valence-electron chi connectivity index (χ3n) is 4.09. The van der Waals surface area contributed by atoms with Crippen LogP contribution >= 0.6 is 0 Å². The van der Waals surface area contributed by atoms with Crippen LogP contribution in [0.25, 0.3) is 10.8 Å². The van der Waals surface area contributed by atoms with E-state index in [-0.39, 0.29) is 11.6 Å². The predicted molar refractivity (Wildman–Crippen MR) is 88.8 cm³/mol. The third kappa shape index (κ3) is 2.65. The molecular formula is C18H19N3O. The highest BCUT2D eigenvalue weighted by atomic mass is 16.1. The van der Waals surface area contributed by atoms with Crippen molar-refractivity contribution >= 4 is 10.8 Å². The van der Waals surface area contributed by atoms with Crippen LogP contribution < -0.4 is 11.3 Å². The smallest absolute Gasteiger partial charge is 0.274 e. The number of fused-ring (bicyclic) bond motifs is 1. The Labute approximate surface area is 129 Å². The topological polar surface area (TPSA) is 60.9 Å². The zero-order valence-electron chi connectivity index (χ0n) is 12.8. The van der Waals surface area contributed by atoms with Gasteiger partial charge in [-0.3, -0.25) is 4.79 Å². The summed E-state index contributed by atoms with van der Waals surface area (Å²) in [4.78, 5) is 12.5. The van der Waals surface area contributed by atoms with Crippen molar-refractivity contribution in [3.63, 3.8) is 0 Å². The highest BCUT2D eigenvalue weighted by molar-refractivity contribution is 5.80. The quantitative estimate of drug-likeness (QED) is 0.807. The van der Waals surface area contributed by atoms with Crippen LogP contribution in [0.5, 0.6) is 0 Å². The third-order valence-corrected chi connectivity index (χ3v) is 4.09. The SMILES string of the molecule is Cc1ccc(C(N)Cn2ncc3ccccc3c2=O)cc1C. The first-order valence-electron chi connectivity index (χ1n) is 7.34. The lowest BCUT2D eigenvalue weighted by Crippen LogP contribution is -2.28. The summed E-state index contributed by atoms with van der Waals surface area (Å²) in [6.45, 7) is 4.50. The van der Waals surface area contributed by atoms with E-state index in [0.29, 0.717) is 11.9 Å². The summed E-state index contributed by atoms with van der Waals surface area (Å²) in [7, 11) is 0. The maximum absolute atomic E-state index is 12.5. The Hall–Kier alpha value is -2.46. The average molecular weight is 293 g/mol. The molecule has 0 aliphatic carbocycles. The van der Waals surface area contributed by atoms with Crippen molar-refractivity contribution in [1.82, 2.24) is 9.78 Å². The van der Waals surface area contributed by atoms with Gasteiger partial charge in [-0.2, -0.15) is 5.10 Å². The average Bonchev–Trinajstić information content (AvgIpc) is 2.53. The summed E-state index contributed by atoms with van der Waals surface area (Å²) < 4.78 is 1.45. The molecule has 1 unspecified atom stereocenters. The molecule has 2 aromatic carbocycles. The van der Waals surface area contributed by atoms with E-state index in [4.69, 9.17) is 5.73 Å². The Kier molecular flexibility index (Phi) is 3.77. The predicted octanol–water partition coefficient (Wildman–Crippen LogP) is 2.71. The van der Waals surface area contributed by atoms with Crippen molar-refractivity contribution in [3.05, 3.63) is 75.7 Å². The fourth-order valence-corrected chi connectivity index (χ4v) is 2.54. The normalized spacial score (nSPS) is 12.5. The number of aromatic nitrogens is 2. The number of aryl methyl sites for hydroxylation is 2. The number of benzene rings is 2. The van der Waals surface area contributed by atoms with Crippen molar-refractivity contribution in [3.8, 4) is 0 Å². The lowest BCUT2D eigenvalue weighted by atomic mass is 10.0. The van der Waals surface area contributed by atoms with E-state index in [1.807, 2.05) is 30.3 Å². The standard InChI is InChI=1S/C18H19N3O/c1-12-7-8-14(9-13(12)2)17(19)11-21-18(22)16-6-4-3-5-15(16)10-20-21/h3-10,17H,11,19H2,1-2H3. The van der Waals surface area contributed by atoms with Crippen LogP contribution in [-0.2, 0) is 6.54 Å². The van der Waals surface area contributed by atoms with Crippen LogP contribution in [0.3, 0.4) is 0 Å². The summed E-state index contributed by atoms with van der Waals surface area (Å²) >= 11 is 0. The van der Waals surface area contributed by atoms with E-state index in [0.717, 1.165) is 10.9 Å². The molecule has 0 spiro atoms. The summed E-state index contributed by atoms with van der Waals surface area (Å²) in [5.74, 6) is 0. The number of hydrogen-bond acceptors (Lipinski definition) is 3. The molecule has 0 radical (unpaired) electrons. The molecule has 22 heavy (non-hydrogen) atoms. The Bertz CT molecular complexity index is 883. The summed E-state index contributed by atoms with van der Waals surface area (Å²) in [6.07, 6.45) is 1.71. The highest BCUT2D eigenvalue weighted by Crippen LogP contribution is 2.16. The molecule has 1 atom stereocenters.